The van der Waals surface area contributed by atoms with Gasteiger partial charge in [0.1, 0.15) is 0 Å². The van der Waals surface area contributed by atoms with Crippen molar-refractivity contribution >= 4 is 46.0 Å². The van der Waals surface area contributed by atoms with Crippen molar-refractivity contribution in [2.24, 2.45) is 0 Å². The molecule has 3 nitrogen and oxygen atoms in total. The molecule has 1 amide bonds. The van der Waals surface area contributed by atoms with Crippen LogP contribution in [0.2, 0.25) is 5.02 Å². The molecule has 1 aliphatic heterocycles. The summed E-state index contributed by atoms with van der Waals surface area (Å²) in [6.45, 7) is 0.455. The van der Waals surface area contributed by atoms with Gasteiger partial charge in [0.15, 0.2) is 0 Å². The van der Waals surface area contributed by atoms with E-state index >= 15 is 0 Å². The molecule has 0 spiro atoms. The van der Waals surface area contributed by atoms with E-state index in [1.165, 1.54) is 0 Å². The van der Waals surface area contributed by atoms with Crippen molar-refractivity contribution < 1.29 is 9.53 Å². The summed E-state index contributed by atoms with van der Waals surface area (Å²) in [7, 11) is 0. The van der Waals surface area contributed by atoms with Gasteiger partial charge < -0.3 is 10.1 Å². The smallest absolute Gasteiger partial charge is 0.407 e. The van der Waals surface area contributed by atoms with E-state index in [1.54, 1.807) is 0 Å². The summed E-state index contributed by atoms with van der Waals surface area (Å²) in [5.74, 6) is 0. The van der Waals surface area contributed by atoms with E-state index in [1.807, 2.05) is 18.2 Å². The van der Waals surface area contributed by atoms with Crippen LogP contribution in [0, 0.1) is 0 Å². The molecule has 0 aromatic heterocycles. The first-order chi connectivity index (χ1) is 7.16. The number of hydrogen-bond donors (Lipinski definition) is 1. The number of carbonyl (C=O) groups excluding carboxylic acids is 1. The van der Waals surface area contributed by atoms with Crippen LogP contribution in [-0.4, -0.2) is 12.7 Å². The number of ether oxygens (including phenoxy) is 1. The monoisotopic (exact) mass is 325 g/mol. The first-order valence-corrected chi connectivity index (χ1v) is 5.72. The molecule has 2 rings (SSSR count). The summed E-state index contributed by atoms with van der Waals surface area (Å²) >= 11 is 9.24. The number of benzene rings is 1. The highest BCUT2D eigenvalue weighted by Gasteiger charge is 2.20. The molecule has 6 heteroatoms. The van der Waals surface area contributed by atoms with Gasteiger partial charge in [0.25, 0.3) is 0 Å². The lowest BCUT2D eigenvalue weighted by Crippen LogP contribution is -2.35. The Kier molecular flexibility index (Phi) is 4.89. The van der Waals surface area contributed by atoms with Gasteiger partial charge in [-0.1, -0.05) is 17.7 Å². The molecule has 0 radical (unpaired) electrons. The molecule has 16 heavy (non-hydrogen) atoms. The van der Waals surface area contributed by atoms with Gasteiger partial charge in [0, 0.05) is 10.9 Å². The predicted octanol–water partition coefficient (Wildman–Crippen LogP) is 3.70. The van der Waals surface area contributed by atoms with Crippen LogP contribution in [0.5, 0.6) is 0 Å². The average Bonchev–Trinajstić information content (AvgIpc) is 2.22. The number of hydrogen-bond acceptors (Lipinski definition) is 2. The fourth-order valence-corrected chi connectivity index (χ4v) is 2.02. The van der Waals surface area contributed by atoms with E-state index in [4.69, 9.17) is 16.3 Å². The van der Waals surface area contributed by atoms with Gasteiger partial charge in [-0.25, -0.2) is 4.79 Å². The van der Waals surface area contributed by atoms with E-state index in [0.29, 0.717) is 11.6 Å². The van der Waals surface area contributed by atoms with E-state index in [-0.39, 0.29) is 24.5 Å². The molecule has 1 aliphatic rings. The molecule has 1 atom stereocenters. The molecule has 1 saturated heterocycles. The minimum absolute atomic E-state index is 0. The highest BCUT2D eigenvalue weighted by atomic mass is 79.9. The van der Waals surface area contributed by atoms with Gasteiger partial charge in [0.05, 0.1) is 17.7 Å². The second kappa shape index (κ2) is 5.75. The Balaban J connectivity index is 0.00000128. The molecule has 1 heterocycles. The number of amides is 1. The van der Waals surface area contributed by atoms with Crippen molar-refractivity contribution in [3.63, 3.8) is 0 Å². The number of halogens is 3. The van der Waals surface area contributed by atoms with Crippen molar-refractivity contribution in [1.82, 2.24) is 5.32 Å². The summed E-state index contributed by atoms with van der Waals surface area (Å²) in [5, 5.41) is 3.42. The Morgan fingerprint density at radius 2 is 2.25 bits per heavy atom. The van der Waals surface area contributed by atoms with Gasteiger partial charge in [-0.05, 0) is 33.6 Å². The molecule has 88 valence electrons. The van der Waals surface area contributed by atoms with Gasteiger partial charge >= 0.3 is 6.09 Å². The first-order valence-electron chi connectivity index (χ1n) is 4.55. The standard InChI is InChI=1S/C10H9BrClNO2.ClH/c11-7-5-6(1-2-8(7)12)9-3-4-15-10(14)13-9;/h1-2,5,9H,3-4H2,(H,13,14);1H/t9-;/m0./s1. The van der Waals surface area contributed by atoms with Crippen LogP contribution in [0.25, 0.3) is 0 Å². The van der Waals surface area contributed by atoms with Crippen LogP contribution in [0.4, 0.5) is 4.79 Å². The van der Waals surface area contributed by atoms with E-state index in [9.17, 15) is 4.79 Å². The molecule has 1 fully saturated rings. The Morgan fingerprint density at radius 1 is 1.50 bits per heavy atom. The zero-order chi connectivity index (χ0) is 10.8. The van der Waals surface area contributed by atoms with Crippen LogP contribution in [0.3, 0.4) is 0 Å². The summed E-state index contributed by atoms with van der Waals surface area (Å²) in [6.07, 6.45) is 0.414. The molecule has 1 aromatic carbocycles. The molecule has 1 N–H and O–H groups in total. The number of rotatable bonds is 1. The SMILES string of the molecule is Cl.O=C1N[C@H](c2ccc(Cl)c(Br)c2)CCO1. The third-order valence-electron chi connectivity index (χ3n) is 2.28. The van der Waals surface area contributed by atoms with Crippen molar-refractivity contribution in [3.05, 3.63) is 33.3 Å². The lowest BCUT2D eigenvalue weighted by molar-refractivity contribution is 0.115. The molecule has 0 unspecified atom stereocenters. The van der Waals surface area contributed by atoms with Crippen molar-refractivity contribution in [3.8, 4) is 0 Å². The quantitative estimate of drug-likeness (QED) is 0.854. The van der Waals surface area contributed by atoms with Crippen LogP contribution >= 0.6 is 39.9 Å². The zero-order valence-corrected chi connectivity index (χ0v) is 11.4. The molecule has 0 saturated carbocycles. The fourth-order valence-electron chi connectivity index (χ4n) is 1.50. The van der Waals surface area contributed by atoms with Crippen molar-refractivity contribution in [1.29, 1.82) is 0 Å². The second-order valence-electron chi connectivity index (χ2n) is 3.30. The summed E-state index contributed by atoms with van der Waals surface area (Å²) in [4.78, 5) is 11.0. The maximum Gasteiger partial charge on any atom is 0.407 e. The van der Waals surface area contributed by atoms with Crippen LogP contribution in [0.15, 0.2) is 22.7 Å². The third kappa shape index (κ3) is 3.03. The maximum atomic E-state index is 11.0. The highest BCUT2D eigenvalue weighted by molar-refractivity contribution is 9.10. The number of alkyl carbamates (subject to hydrolysis) is 1. The molecule has 0 aliphatic carbocycles. The number of nitrogens with one attached hydrogen (secondary N) is 1. The summed E-state index contributed by atoms with van der Waals surface area (Å²) in [5.41, 5.74) is 1.03. The van der Waals surface area contributed by atoms with Crippen molar-refractivity contribution in [2.45, 2.75) is 12.5 Å². The molecule has 1 aromatic rings. The normalized spacial score (nSPS) is 19.4. The van der Waals surface area contributed by atoms with E-state index in [0.717, 1.165) is 16.5 Å². The highest BCUT2D eigenvalue weighted by Crippen LogP contribution is 2.28. The van der Waals surface area contributed by atoms with Crippen LogP contribution < -0.4 is 5.32 Å². The average molecular weight is 327 g/mol. The Labute approximate surface area is 113 Å². The second-order valence-corrected chi connectivity index (χ2v) is 4.56. The number of cyclic esters (lactones) is 1. The van der Waals surface area contributed by atoms with Gasteiger partial charge in [-0.2, -0.15) is 0 Å². The Hall–Kier alpha value is -0.450. The first kappa shape index (κ1) is 13.6. The lowest BCUT2D eigenvalue weighted by atomic mass is 10.0. The van der Waals surface area contributed by atoms with Gasteiger partial charge in [-0.15, -0.1) is 12.4 Å². The largest absolute Gasteiger partial charge is 0.449 e. The van der Waals surface area contributed by atoms with Gasteiger partial charge in [0.2, 0.25) is 0 Å². The van der Waals surface area contributed by atoms with Crippen molar-refractivity contribution in [2.75, 3.05) is 6.61 Å². The minimum atomic E-state index is -0.364. The molecular weight excluding hydrogens is 317 g/mol. The summed E-state index contributed by atoms with van der Waals surface area (Å²) in [6, 6.07) is 5.64. The zero-order valence-electron chi connectivity index (χ0n) is 8.20. The minimum Gasteiger partial charge on any atom is -0.449 e. The fraction of sp³-hybridized carbons (Fsp3) is 0.300. The van der Waals surface area contributed by atoms with Crippen LogP contribution in [-0.2, 0) is 4.74 Å². The topological polar surface area (TPSA) is 38.3 Å². The predicted molar refractivity (Wildman–Crippen MR) is 68.2 cm³/mol. The molecule has 0 bridgehead atoms. The maximum absolute atomic E-state index is 11.0. The Bertz CT molecular complexity index is 400. The Morgan fingerprint density at radius 3 is 2.88 bits per heavy atom. The van der Waals surface area contributed by atoms with Crippen LogP contribution in [0.1, 0.15) is 18.0 Å². The van der Waals surface area contributed by atoms with E-state index < -0.39 is 0 Å². The number of carbonyl (C=O) groups is 1. The molecular formula is C10H10BrCl2NO2. The van der Waals surface area contributed by atoms with E-state index in [2.05, 4.69) is 21.2 Å². The van der Waals surface area contributed by atoms with Gasteiger partial charge in [-0.3, -0.25) is 0 Å². The lowest BCUT2D eigenvalue weighted by Gasteiger charge is -2.23. The summed E-state index contributed by atoms with van der Waals surface area (Å²) < 4.78 is 5.63. The third-order valence-corrected chi connectivity index (χ3v) is 3.49.